The molecule has 28 heavy (non-hydrogen) atoms. The van der Waals surface area contributed by atoms with E-state index >= 15 is 0 Å². The normalized spacial score (nSPS) is 17.3. The average Bonchev–Trinajstić information content (AvgIpc) is 3.49. The molecule has 1 aliphatic heterocycles. The van der Waals surface area contributed by atoms with Crippen LogP contribution in [0.2, 0.25) is 0 Å². The summed E-state index contributed by atoms with van der Waals surface area (Å²) in [6, 6.07) is 7.51. The average molecular weight is 392 g/mol. The summed E-state index contributed by atoms with van der Waals surface area (Å²) in [6.45, 7) is 2.20. The predicted molar refractivity (Wildman–Crippen MR) is 108 cm³/mol. The van der Waals surface area contributed by atoms with Gasteiger partial charge in [0, 0.05) is 47.7 Å². The third kappa shape index (κ3) is 3.22. The van der Waals surface area contributed by atoms with Crippen LogP contribution in [0.1, 0.15) is 40.6 Å². The van der Waals surface area contributed by atoms with E-state index in [1.54, 1.807) is 17.6 Å². The zero-order valence-electron chi connectivity index (χ0n) is 15.3. The summed E-state index contributed by atoms with van der Waals surface area (Å²) in [5.74, 6) is 1.35. The van der Waals surface area contributed by atoms with Gasteiger partial charge in [0.15, 0.2) is 0 Å². The molecule has 0 N–H and O–H groups in total. The highest BCUT2D eigenvalue weighted by atomic mass is 32.1. The molecular weight excluding hydrogens is 372 g/mol. The van der Waals surface area contributed by atoms with Crippen LogP contribution in [0.15, 0.2) is 58.2 Å². The Morgan fingerprint density at radius 2 is 2.25 bits per heavy atom. The Hall–Kier alpha value is -2.93. The third-order valence-electron chi connectivity index (χ3n) is 5.34. The van der Waals surface area contributed by atoms with Crippen molar-refractivity contribution < 1.29 is 9.21 Å². The number of piperidine rings is 1. The van der Waals surface area contributed by atoms with Crippen LogP contribution in [0.25, 0.3) is 11.0 Å². The van der Waals surface area contributed by atoms with Crippen LogP contribution in [0.5, 0.6) is 0 Å². The molecule has 4 heterocycles. The molecule has 1 saturated heterocycles. The van der Waals surface area contributed by atoms with Crippen molar-refractivity contribution in [1.29, 1.82) is 0 Å². The second-order valence-corrected chi connectivity index (χ2v) is 7.88. The zero-order chi connectivity index (χ0) is 18.9. The molecule has 0 saturated carbocycles. The number of carbonyl (C=O) groups excluding carboxylic acids is 1. The second kappa shape index (κ2) is 7.24. The molecule has 142 valence electrons. The molecular formula is C21H20N4O2S. The lowest BCUT2D eigenvalue weighted by Gasteiger charge is -2.32. The van der Waals surface area contributed by atoms with Gasteiger partial charge in [0.2, 0.25) is 0 Å². The molecule has 1 aromatic carbocycles. The first-order valence-electron chi connectivity index (χ1n) is 9.42. The number of rotatable bonds is 4. The van der Waals surface area contributed by atoms with Gasteiger partial charge in [-0.25, -0.2) is 9.97 Å². The van der Waals surface area contributed by atoms with Gasteiger partial charge in [-0.05, 0) is 37.1 Å². The zero-order valence-corrected chi connectivity index (χ0v) is 16.1. The quantitative estimate of drug-likeness (QED) is 0.523. The van der Waals surface area contributed by atoms with Gasteiger partial charge in [0.25, 0.3) is 5.91 Å². The molecule has 0 aliphatic carbocycles. The highest BCUT2D eigenvalue weighted by Gasteiger charge is 2.28. The monoisotopic (exact) mass is 392 g/mol. The molecule has 7 heteroatoms. The van der Waals surface area contributed by atoms with Gasteiger partial charge < -0.3 is 13.9 Å². The van der Waals surface area contributed by atoms with Crippen LogP contribution in [0, 0.1) is 0 Å². The number of nitrogens with zero attached hydrogens (tertiary/aromatic N) is 4. The van der Waals surface area contributed by atoms with Crippen LogP contribution in [0.4, 0.5) is 0 Å². The summed E-state index contributed by atoms with van der Waals surface area (Å²) < 4.78 is 7.54. The maximum absolute atomic E-state index is 13.1. The molecule has 6 nitrogen and oxygen atoms in total. The van der Waals surface area contributed by atoms with Crippen molar-refractivity contribution >= 4 is 28.2 Å². The molecule has 3 aromatic heterocycles. The van der Waals surface area contributed by atoms with Gasteiger partial charge in [-0.1, -0.05) is 0 Å². The van der Waals surface area contributed by atoms with Gasteiger partial charge in [-0.15, -0.1) is 11.3 Å². The highest BCUT2D eigenvalue weighted by molar-refractivity contribution is 7.07. The Balaban J connectivity index is 1.35. The minimum Gasteiger partial charge on any atom is -0.464 e. The Kier molecular flexibility index (Phi) is 4.44. The van der Waals surface area contributed by atoms with E-state index in [1.807, 2.05) is 47.1 Å². The fraction of sp³-hybridized carbons (Fsp3) is 0.286. The Bertz CT molecular complexity index is 1100. The maximum atomic E-state index is 13.1. The number of carbonyl (C=O) groups is 1. The number of hydrogen-bond acceptors (Lipinski definition) is 5. The van der Waals surface area contributed by atoms with E-state index in [0.29, 0.717) is 12.1 Å². The molecule has 0 bridgehead atoms. The number of fused-ring (bicyclic) bond motifs is 1. The summed E-state index contributed by atoms with van der Waals surface area (Å²) in [5, 5.41) is 3.02. The molecule has 1 fully saturated rings. The molecule has 1 atom stereocenters. The lowest BCUT2D eigenvalue weighted by Crippen LogP contribution is -2.39. The van der Waals surface area contributed by atoms with Crippen molar-refractivity contribution in [3.8, 4) is 0 Å². The number of benzene rings is 1. The van der Waals surface area contributed by atoms with E-state index in [4.69, 9.17) is 4.42 Å². The van der Waals surface area contributed by atoms with Crippen molar-refractivity contribution in [2.45, 2.75) is 25.3 Å². The minimum atomic E-state index is 0.0745. The van der Waals surface area contributed by atoms with E-state index in [-0.39, 0.29) is 11.8 Å². The van der Waals surface area contributed by atoms with Crippen molar-refractivity contribution in [1.82, 2.24) is 19.4 Å². The van der Waals surface area contributed by atoms with Gasteiger partial charge in [-0.3, -0.25) is 4.79 Å². The lowest BCUT2D eigenvalue weighted by atomic mass is 9.96. The van der Waals surface area contributed by atoms with E-state index < -0.39 is 0 Å². The van der Waals surface area contributed by atoms with Gasteiger partial charge in [-0.2, -0.15) is 0 Å². The van der Waals surface area contributed by atoms with Gasteiger partial charge >= 0.3 is 0 Å². The summed E-state index contributed by atoms with van der Waals surface area (Å²) in [5.41, 5.74) is 4.41. The molecule has 0 spiro atoms. The lowest BCUT2D eigenvalue weighted by molar-refractivity contribution is 0.0703. The van der Waals surface area contributed by atoms with Gasteiger partial charge in [0.05, 0.1) is 24.0 Å². The SMILES string of the molecule is O=C(c1ccc2occc2c1)N1CCC[C@H](c2nccn2Cc2cscn2)C1. The Morgan fingerprint density at radius 1 is 1.29 bits per heavy atom. The first-order valence-corrected chi connectivity index (χ1v) is 10.4. The van der Waals surface area contributed by atoms with E-state index in [9.17, 15) is 4.79 Å². The fourth-order valence-electron chi connectivity index (χ4n) is 3.96. The molecule has 5 rings (SSSR count). The fourth-order valence-corrected chi connectivity index (χ4v) is 4.51. The summed E-state index contributed by atoms with van der Waals surface area (Å²) in [7, 11) is 0. The molecule has 0 unspecified atom stereocenters. The number of furan rings is 1. The highest BCUT2D eigenvalue weighted by Crippen LogP contribution is 2.28. The van der Waals surface area contributed by atoms with Crippen LogP contribution in [0.3, 0.4) is 0 Å². The van der Waals surface area contributed by atoms with Gasteiger partial charge in [0.1, 0.15) is 11.4 Å². The second-order valence-electron chi connectivity index (χ2n) is 7.16. The number of thiazole rings is 1. The summed E-state index contributed by atoms with van der Waals surface area (Å²) in [4.78, 5) is 24.0. The van der Waals surface area contributed by atoms with Crippen LogP contribution < -0.4 is 0 Å². The largest absolute Gasteiger partial charge is 0.464 e. The predicted octanol–water partition coefficient (Wildman–Crippen LogP) is 4.15. The van der Waals surface area contributed by atoms with Crippen molar-refractivity contribution in [3.63, 3.8) is 0 Å². The standard InChI is InChI=1S/C21H20N4O2S/c26-21(16-3-4-19-15(10-16)5-9-27-19)25-7-1-2-17(11-25)20-22-6-8-24(20)12-18-13-28-14-23-18/h3-6,8-10,13-14,17H,1-2,7,11-12H2/t17-/m0/s1. The van der Waals surface area contributed by atoms with E-state index in [1.165, 1.54) is 0 Å². The van der Waals surface area contributed by atoms with Crippen molar-refractivity contribution in [3.05, 3.63) is 70.9 Å². The summed E-state index contributed by atoms with van der Waals surface area (Å²) >= 11 is 1.60. The van der Waals surface area contributed by atoms with Crippen molar-refractivity contribution in [2.75, 3.05) is 13.1 Å². The maximum Gasteiger partial charge on any atom is 0.253 e. The molecule has 1 amide bonds. The van der Waals surface area contributed by atoms with Crippen LogP contribution in [-0.4, -0.2) is 38.4 Å². The minimum absolute atomic E-state index is 0.0745. The van der Waals surface area contributed by atoms with Crippen LogP contribution >= 0.6 is 11.3 Å². The Labute approximate surface area is 166 Å². The first kappa shape index (κ1) is 17.2. The number of aromatic nitrogens is 3. The number of likely N-dealkylation sites (tertiary alicyclic amines) is 1. The topological polar surface area (TPSA) is 64.2 Å². The molecule has 1 aliphatic rings. The number of imidazole rings is 1. The molecule has 4 aromatic rings. The number of hydrogen-bond donors (Lipinski definition) is 0. The number of amides is 1. The Morgan fingerprint density at radius 3 is 3.14 bits per heavy atom. The third-order valence-corrected chi connectivity index (χ3v) is 5.97. The van der Waals surface area contributed by atoms with E-state index in [2.05, 4.69) is 19.9 Å². The summed E-state index contributed by atoms with van der Waals surface area (Å²) in [6.07, 6.45) is 7.52. The smallest absolute Gasteiger partial charge is 0.253 e. The first-order chi connectivity index (χ1) is 13.8. The van der Waals surface area contributed by atoms with E-state index in [0.717, 1.165) is 48.4 Å². The van der Waals surface area contributed by atoms with Crippen molar-refractivity contribution in [2.24, 2.45) is 0 Å². The molecule has 0 radical (unpaired) electrons. The van der Waals surface area contributed by atoms with Crippen LogP contribution in [-0.2, 0) is 6.54 Å².